The van der Waals surface area contributed by atoms with E-state index in [1.165, 1.54) is 18.4 Å². The fourth-order valence-electron chi connectivity index (χ4n) is 3.52. The molecule has 4 rings (SSSR count). The average molecular weight is 355 g/mol. The van der Waals surface area contributed by atoms with Crippen LogP contribution in [-0.2, 0) is 11.3 Å². The maximum atomic E-state index is 12.4. The highest BCUT2D eigenvalue weighted by Crippen LogP contribution is 2.36. The number of anilines is 1. The standard InChI is InChI=1S/C19H18N4O.ClH/c20-10-13-3-5-16-15(9-13)18(19(24)22-16)17-6-4-14(11-21-17)12-23-7-1-2-8-23;/h3-6,9,11,18H,1-2,7-8,12H2,(H,22,24);1H. The Morgan fingerprint density at radius 3 is 2.72 bits per heavy atom. The van der Waals surface area contributed by atoms with Crippen LogP contribution >= 0.6 is 12.4 Å². The summed E-state index contributed by atoms with van der Waals surface area (Å²) in [5.74, 6) is -0.519. The van der Waals surface area contributed by atoms with Crippen molar-refractivity contribution in [2.75, 3.05) is 18.4 Å². The molecule has 2 aromatic rings. The molecule has 1 amide bonds. The van der Waals surface area contributed by atoms with Gasteiger partial charge in [0.25, 0.3) is 0 Å². The molecule has 1 N–H and O–H groups in total. The number of amides is 1. The molecule has 1 atom stereocenters. The third kappa shape index (κ3) is 3.37. The topological polar surface area (TPSA) is 69.0 Å². The molecule has 0 spiro atoms. The summed E-state index contributed by atoms with van der Waals surface area (Å²) in [5.41, 5.74) is 4.06. The van der Waals surface area contributed by atoms with Crippen molar-refractivity contribution >= 4 is 24.0 Å². The van der Waals surface area contributed by atoms with Crippen LogP contribution in [0.3, 0.4) is 0 Å². The Morgan fingerprint density at radius 1 is 1.24 bits per heavy atom. The molecule has 1 unspecified atom stereocenters. The van der Waals surface area contributed by atoms with Gasteiger partial charge in [-0.3, -0.25) is 14.7 Å². The van der Waals surface area contributed by atoms with E-state index >= 15 is 0 Å². The summed E-state index contributed by atoms with van der Waals surface area (Å²) in [6.45, 7) is 3.22. The van der Waals surface area contributed by atoms with E-state index in [-0.39, 0.29) is 18.3 Å². The largest absolute Gasteiger partial charge is 0.325 e. The van der Waals surface area contributed by atoms with Gasteiger partial charge in [0, 0.05) is 18.4 Å². The van der Waals surface area contributed by atoms with Gasteiger partial charge in [-0.05, 0) is 61.3 Å². The Morgan fingerprint density at radius 2 is 2.04 bits per heavy atom. The third-order valence-electron chi connectivity index (χ3n) is 4.76. The van der Waals surface area contributed by atoms with Gasteiger partial charge in [0.15, 0.2) is 0 Å². The summed E-state index contributed by atoms with van der Waals surface area (Å²) in [7, 11) is 0. The number of nitrogens with zero attached hydrogens (tertiary/aromatic N) is 3. The molecule has 0 bridgehead atoms. The van der Waals surface area contributed by atoms with E-state index in [9.17, 15) is 4.79 Å². The molecule has 1 saturated heterocycles. The van der Waals surface area contributed by atoms with Crippen LogP contribution in [0.25, 0.3) is 0 Å². The van der Waals surface area contributed by atoms with Crippen molar-refractivity contribution in [2.45, 2.75) is 25.3 Å². The predicted molar refractivity (Wildman–Crippen MR) is 97.6 cm³/mol. The number of rotatable bonds is 3. The van der Waals surface area contributed by atoms with Crippen LogP contribution in [0, 0.1) is 11.3 Å². The molecule has 2 aliphatic rings. The minimum Gasteiger partial charge on any atom is -0.325 e. The van der Waals surface area contributed by atoms with Gasteiger partial charge in [-0.15, -0.1) is 12.4 Å². The van der Waals surface area contributed by atoms with Gasteiger partial charge in [-0.25, -0.2) is 0 Å². The van der Waals surface area contributed by atoms with Crippen molar-refractivity contribution in [3.63, 3.8) is 0 Å². The van der Waals surface area contributed by atoms with E-state index in [1.54, 1.807) is 18.2 Å². The van der Waals surface area contributed by atoms with Crippen LogP contribution in [0.1, 0.15) is 41.1 Å². The van der Waals surface area contributed by atoms with Crippen LogP contribution in [0.5, 0.6) is 0 Å². The number of carbonyl (C=O) groups excluding carboxylic acids is 1. The molecule has 1 aromatic carbocycles. The smallest absolute Gasteiger partial charge is 0.238 e. The number of benzene rings is 1. The number of nitriles is 1. The Hall–Kier alpha value is -2.42. The van der Waals surface area contributed by atoms with Crippen LogP contribution in [0.2, 0.25) is 0 Å². The van der Waals surface area contributed by atoms with Crippen molar-refractivity contribution in [2.24, 2.45) is 0 Å². The second-order valence-electron chi connectivity index (χ2n) is 6.41. The number of hydrogen-bond donors (Lipinski definition) is 1. The first-order chi connectivity index (χ1) is 11.7. The lowest BCUT2D eigenvalue weighted by Gasteiger charge is -2.15. The highest BCUT2D eigenvalue weighted by Gasteiger charge is 2.33. The van der Waals surface area contributed by atoms with Crippen molar-refractivity contribution in [3.8, 4) is 6.07 Å². The van der Waals surface area contributed by atoms with Crippen LogP contribution in [-0.4, -0.2) is 28.9 Å². The first kappa shape index (κ1) is 17.4. The molecule has 3 heterocycles. The maximum absolute atomic E-state index is 12.4. The van der Waals surface area contributed by atoms with Gasteiger partial charge in [0.1, 0.15) is 5.92 Å². The molecule has 5 nitrogen and oxygen atoms in total. The van der Waals surface area contributed by atoms with Crippen molar-refractivity contribution in [1.82, 2.24) is 9.88 Å². The van der Waals surface area contributed by atoms with E-state index < -0.39 is 5.92 Å². The molecule has 25 heavy (non-hydrogen) atoms. The van der Waals surface area contributed by atoms with Gasteiger partial charge in [0.05, 0.1) is 17.3 Å². The maximum Gasteiger partial charge on any atom is 0.238 e. The van der Waals surface area contributed by atoms with E-state index in [4.69, 9.17) is 5.26 Å². The van der Waals surface area contributed by atoms with Crippen LogP contribution < -0.4 is 5.32 Å². The van der Waals surface area contributed by atoms with Gasteiger partial charge >= 0.3 is 0 Å². The van der Waals surface area contributed by atoms with E-state index in [0.29, 0.717) is 5.56 Å². The summed E-state index contributed by atoms with van der Waals surface area (Å²) in [5, 5.41) is 12.0. The minimum absolute atomic E-state index is 0. The van der Waals surface area contributed by atoms with E-state index in [2.05, 4.69) is 27.3 Å². The van der Waals surface area contributed by atoms with Gasteiger partial charge in [-0.2, -0.15) is 5.26 Å². The second kappa shape index (κ2) is 7.22. The molecule has 2 aliphatic heterocycles. The molecule has 0 aliphatic carbocycles. The zero-order chi connectivity index (χ0) is 16.5. The van der Waals surface area contributed by atoms with Crippen LogP contribution in [0.4, 0.5) is 5.69 Å². The number of nitrogens with one attached hydrogen (secondary N) is 1. The van der Waals surface area contributed by atoms with E-state index in [1.807, 2.05) is 12.3 Å². The summed E-state index contributed by atoms with van der Waals surface area (Å²) in [6, 6.07) is 11.4. The number of halogens is 1. The number of likely N-dealkylation sites (tertiary alicyclic amines) is 1. The molecule has 6 heteroatoms. The van der Waals surface area contributed by atoms with Crippen molar-refractivity contribution in [1.29, 1.82) is 5.26 Å². The van der Waals surface area contributed by atoms with Crippen molar-refractivity contribution < 1.29 is 4.79 Å². The first-order valence-corrected chi connectivity index (χ1v) is 8.27. The Bertz CT molecular complexity index is 822. The van der Waals surface area contributed by atoms with Gasteiger partial charge < -0.3 is 5.32 Å². The summed E-state index contributed by atoms with van der Waals surface area (Å²) in [4.78, 5) is 19.3. The van der Waals surface area contributed by atoms with Gasteiger partial charge in [-0.1, -0.05) is 6.07 Å². The number of carbonyl (C=O) groups is 1. The Balaban J connectivity index is 0.00000182. The summed E-state index contributed by atoms with van der Waals surface area (Å²) in [6.07, 6.45) is 4.41. The fourth-order valence-corrected chi connectivity index (χ4v) is 3.52. The first-order valence-electron chi connectivity index (χ1n) is 8.27. The fraction of sp³-hybridized carbons (Fsp3) is 0.316. The molecule has 1 aromatic heterocycles. The lowest BCUT2D eigenvalue weighted by molar-refractivity contribution is -0.116. The lowest BCUT2D eigenvalue weighted by atomic mass is 9.95. The number of fused-ring (bicyclic) bond motifs is 1. The minimum atomic E-state index is -0.436. The SMILES string of the molecule is Cl.N#Cc1ccc2c(c1)C(c1ccc(CN3CCCC3)cn1)C(=O)N2. The number of hydrogen-bond acceptors (Lipinski definition) is 4. The van der Waals surface area contributed by atoms with Crippen LogP contribution in [0.15, 0.2) is 36.5 Å². The summed E-state index contributed by atoms with van der Waals surface area (Å²) >= 11 is 0. The lowest BCUT2D eigenvalue weighted by Crippen LogP contribution is -2.19. The molecular formula is C19H19ClN4O. The van der Waals surface area contributed by atoms with Crippen molar-refractivity contribution in [3.05, 3.63) is 58.9 Å². The second-order valence-corrected chi connectivity index (χ2v) is 6.41. The van der Waals surface area contributed by atoms with Gasteiger partial charge in [0.2, 0.25) is 5.91 Å². The Labute approximate surface area is 153 Å². The summed E-state index contributed by atoms with van der Waals surface area (Å²) < 4.78 is 0. The highest BCUT2D eigenvalue weighted by atomic mass is 35.5. The Kier molecular flexibility index (Phi) is 5.03. The highest BCUT2D eigenvalue weighted by molar-refractivity contribution is 6.04. The molecule has 1 fully saturated rings. The molecule has 128 valence electrons. The molecule has 0 saturated carbocycles. The molecular weight excluding hydrogens is 336 g/mol. The number of aromatic nitrogens is 1. The predicted octanol–water partition coefficient (Wildman–Crippen LogP) is 3.05. The monoisotopic (exact) mass is 354 g/mol. The quantitative estimate of drug-likeness (QED) is 0.919. The zero-order valence-electron chi connectivity index (χ0n) is 13.7. The van der Waals surface area contributed by atoms with E-state index in [0.717, 1.165) is 36.6 Å². The molecule has 0 radical (unpaired) electrons. The number of pyridine rings is 1. The third-order valence-corrected chi connectivity index (χ3v) is 4.76. The zero-order valence-corrected chi connectivity index (χ0v) is 14.6. The average Bonchev–Trinajstić information content (AvgIpc) is 3.22. The normalized spacial score (nSPS) is 19.0.